The standard InChI is InChI=1S/C9H9ClF3NO/c10-7-5-6(3-4-14)1-2-8(7)15-9(11,12)13/h1-2,5H,3-4,14H2. The van der Waals surface area contributed by atoms with Crippen molar-refractivity contribution in [2.45, 2.75) is 12.8 Å². The van der Waals surface area contributed by atoms with Crippen molar-refractivity contribution < 1.29 is 17.9 Å². The van der Waals surface area contributed by atoms with Crippen molar-refractivity contribution in [3.63, 3.8) is 0 Å². The maximum absolute atomic E-state index is 11.9. The van der Waals surface area contributed by atoms with Crippen LogP contribution in [0.2, 0.25) is 5.02 Å². The van der Waals surface area contributed by atoms with E-state index in [2.05, 4.69) is 4.74 Å². The molecule has 0 radical (unpaired) electrons. The summed E-state index contributed by atoms with van der Waals surface area (Å²) in [5.41, 5.74) is 6.07. The van der Waals surface area contributed by atoms with Gasteiger partial charge in [-0.05, 0) is 30.7 Å². The summed E-state index contributed by atoms with van der Waals surface area (Å²) in [6.45, 7) is 0.413. The monoisotopic (exact) mass is 239 g/mol. The van der Waals surface area contributed by atoms with Crippen molar-refractivity contribution in [2.75, 3.05) is 6.54 Å². The second-order valence-electron chi connectivity index (χ2n) is 2.85. The van der Waals surface area contributed by atoms with Crippen LogP contribution in [0.15, 0.2) is 18.2 Å². The third kappa shape index (κ3) is 3.97. The van der Waals surface area contributed by atoms with E-state index in [9.17, 15) is 13.2 Å². The van der Waals surface area contributed by atoms with Crippen molar-refractivity contribution in [2.24, 2.45) is 5.73 Å². The van der Waals surface area contributed by atoms with Gasteiger partial charge in [0.2, 0.25) is 0 Å². The van der Waals surface area contributed by atoms with E-state index in [0.29, 0.717) is 13.0 Å². The molecule has 0 amide bonds. The fourth-order valence-corrected chi connectivity index (χ4v) is 1.32. The zero-order valence-electron chi connectivity index (χ0n) is 7.64. The van der Waals surface area contributed by atoms with Crippen molar-refractivity contribution in [1.29, 1.82) is 0 Å². The highest BCUT2D eigenvalue weighted by molar-refractivity contribution is 6.32. The van der Waals surface area contributed by atoms with Gasteiger partial charge in [0.05, 0.1) is 5.02 Å². The Labute approximate surface area is 89.8 Å². The van der Waals surface area contributed by atoms with Crippen molar-refractivity contribution in [1.82, 2.24) is 0 Å². The molecule has 0 fully saturated rings. The van der Waals surface area contributed by atoms with E-state index >= 15 is 0 Å². The molecule has 1 aromatic rings. The quantitative estimate of drug-likeness (QED) is 0.880. The fraction of sp³-hybridized carbons (Fsp3) is 0.333. The molecule has 0 atom stereocenters. The van der Waals surface area contributed by atoms with Crippen LogP contribution in [0.5, 0.6) is 5.75 Å². The van der Waals surface area contributed by atoms with Crippen molar-refractivity contribution in [3.05, 3.63) is 28.8 Å². The highest BCUT2D eigenvalue weighted by Gasteiger charge is 2.31. The molecule has 0 aliphatic heterocycles. The number of rotatable bonds is 3. The summed E-state index contributed by atoms with van der Waals surface area (Å²) in [7, 11) is 0. The molecule has 0 aromatic heterocycles. The van der Waals surface area contributed by atoms with Crippen molar-refractivity contribution in [3.8, 4) is 5.75 Å². The predicted molar refractivity (Wildman–Crippen MR) is 50.9 cm³/mol. The Kier molecular flexibility index (Phi) is 3.82. The molecule has 0 heterocycles. The van der Waals surface area contributed by atoms with Crippen LogP contribution in [-0.2, 0) is 6.42 Å². The van der Waals surface area contributed by atoms with E-state index in [-0.39, 0.29) is 5.02 Å². The van der Waals surface area contributed by atoms with Crippen LogP contribution in [0, 0.1) is 0 Å². The summed E-state index contributed by atoms with van der Waals surface area (Å²) >= 11 is 5.61. The Balaban J connectivity index is 2.84. The van der Waals surface area contributed by atoms with Gasteiger partial charge < -0.3 is 10.5 Å². The van der Waals surface area contributed by atoms with Gasteiger partial charge in [0.1, 0.15) is 5.75 Å². The minimum absolute atomic E-state index is 0.0710. The first-order valence-electron chi connectivity index (χ1n) is 4.16. The van der Waals surface area contributed by atoms with Gasteiger partial charge in [-0.1, -0.05) is 17.7 Å². The van der Waals surface area contributed by atoms with Gasteiger partial charge in [-0.15, -0.1) is 13.2 Å². The molecular weight excluding hydrogens is 231 g/mol. The minimum Gasteiger partial charge on any atom is -0.404 e. The number of ether oxygens (including phenoxy) is 1. The van der Waals surface area contributed by atoms with Gasteiger partial charge in [0, 0.05) is 0 Å². The van der Waals surface area contributed by atoms with Gasteiger partial charge in [-0.2, -0.15) is 0 Å². The molecular formula is C9H9ClF3NO. The van der Waals surface area contributed by atoms with Gasteiger partial charge in [-0.3, -0.25) is 0 Å². The lowest BCUT2D eigenvalue weighted by Crippen LogP contribution is -2.17. The molecule has 2 N–H and O–H groups in total. The predicted octanol–water partition coefficient (Wildman–Crippen LogP) is 2.74. The third-order valence-electron chi connectivity index (χ3n) is 1.65. The van der Waals surface area contributed by atoms with E-state index in [0.717, 1.165) is 5.56 Å². The van der Waals surface area contributed by atoms with Crippen LogP contribution >= 0.6 is 11.6 Å². The molecule has 0 aliphatic carbocycles. The number of nitrogens with two attached hydrogens (primary N) is 1. The maximum atomic E-state index is 11.9. The molecule has 84 valence electrons. The van der Waals surface area contributed by atoms with Gasteiger partial charge in [0.15, 0.2) is 0 Å². The maximum Gasteiger partial charge on any atom is 0.573 e. The van der Waals surface area contributed by atoms with Crippen LogP contribution in [0.1, 0.15) is 5.56 Å². The lowest BCUT2D eigenvalue weighted by atomic mass is 10.1. The first kappa shape index (κ1) is 12.1. The molecule has 15 heavy (non-hydrogen) atoms. The Bertz CT molecular complexity index is 341. The Morgan fingerprint density at radius 2 is 2.00 bits per heavy atom. The topological polar surface area (TPSA) is 35.2 Å². The number of alkyl halides is 3. The van der Waals surface area contributed by atoms with E-state index in [1.807, 2.05) is 0 Å². The number of hydrogen-bond donors (Lipinski definition) is 1. The molecule has 0 saturated carbocycles. The lowest BCUT2D eigenvalue weighted by Gasteiger charge is -2.10. The Morgan fingerprint density at radius 1 is 1.33 bits per heavy atom. The SMILES string of the molecule is NCCc1ccc(OC(F)(F)F)c(Cl)c1. The van der Waals surface area contributed by atoms with E-state index in [4.69, 9.17) is 17.3 Å². The highest BCUT2D eigenvalue weighted by atomic mass is 35.5. The van der Waals surface area contributed by atoms with E-state index < -0.39 is 12.1 Å². The molecule has 0 aliphatic rings. The smallest absolute Gasteiger partial charge is 0.404 e. The van der Waals surface area contributed by atoms with Crippen molar-refractivity contribution >= 4 is 11.6 Å². The summed E-state index contributed by atoms with van der Waals surface area (Å²) < 4.78 is 39.3. The van der Waals surface area contributed by atoms with Crippen LogP contribution < -0.4 is 10.5 Å². The minimum atomic E-state index is -4.72. The average molecular weight is 240 g/mol. The molecule has 1 aromatic carbocycles. The first-order chi connectivity index (χ1) is 6.92. The lowest BCUT2D eigenvalue weighted by molar-refractivity contribution is -0.274. The second-order valence-corrected chi connectivity index (χ2v) is 3.26. The molecule has 1 rings (SSSR count). The molecule has 0 bridgehead atoms. The van der Waals surface area contributed by atoms with Crippen LogP contribution in [0.25, 0.3) is 0 Å². The summed E-state index contributed by atoms with van der Waals surface area (Å²) in [6.07, 6.45) is -4.16. The van der Waals surface area contributed by atoms with Crippen LogP contribution in [-0.4, -0.2) is 12.9 Å². The summed E-state index contributed by atoms with van der Waals surface area (Å²) in [5.74, 6) is -0.398. The zero-order valence-corrected chi connectivity index (χ0v) is 8.40. The zero-order chi connectivity index (χ0) is 11.5. The second kappa shape index (κ2) is 4.72. The van der Waals surface area contributed by atoms with Gasteiger partial charge in [-0.25, -0.2) is 0 Å². The van der Waals surface area contributed by atoms with Crippen LogP contribution in [0.3, 0.4) is 0 Å². The number of halogens is 4. The number of hydrogen-bond acceptors (Lipinski definition) is 2. The molecule has 0 unspecified atom stereocenters. The average Bonchev–Trinajstić information content (AvgIpc) is 2.08. The highest BCUT2D eigenvalue weighted by Crippen LogP contribution is 2.30. The van der Waals surface area contributed by atoms with Gasteiger partial charge in [0.25, 0.3) is 0 Å². The Morgan fingerprint density at radius 3 is 2.47 bits per heavy atom. The Hall–Kier alpha value is -0.940. The fourth-order valence-electron chi connectivity index (χ4n) is 1.07. The number of benzene rings is 1. The molecule has 2 nitrogen and oxygen atoms in total. The van der Waals surface area contributed by atoms with E-state index in [1.165, 1.54) is 18.2 Å². The normalized spacial score (nSPS) is 11.5. The van der Waals surface area contributed by atoms with E-state index in [1.54, 1.807) is 0 Å². The summed E-state index contributed by atoms with van der Waals surface area (Å²) in [6, 6.07) is 4.09. The summed E-state index contributed by atoms with van der Waals surface area (Å²) in [4.78, 5) is 0. The summed E-state index contributed by atoms with van der Waals surface area (Å²) in [5, 5.41) is -0.0710. The van der Waals surface area contributed by atoms with Crippen LogP contribution in [0.4, 0.5) is 13.2 Å². The molecule has 0 saturated heterocycles. The van der Waals surface area contributed by atoms with Gasteiger partial charge >= 0.3 is 6.36 Å². The molecule has 0 spiro atoms. The molecule has 6 heteroatoms. The third-order valence-corrected chi connectivity index (χ3v) is 1.95. The first-order valence-corrected chi connectivity index (χ1v) is 4.54. The largest absolute Gasteiger partial charge is 0.573 e.